The number of benzene rings is 3. The summed E-state index contributed by atoms with van der Waals surface area (Å²) < 4.78 is 0. The van der Waals surface area contributed by atoms with Gasteiger partial charge < -0.3 is 0 Å². The molecule has 4 rings (SSSR count). The number of aryl methyl sites for hydroxylation is 1. The van der Waals surface area contributed by atoms with E-state index in [-0.39, 0.29) is 0 Å². The Labute approximate surface area is 151 Å². The van der Waals surface area contributed by atoms with Crippen LogP contribution in [-0.2, 0) is 12.8 Å². The quantitative estimate of drug-likeness (QED) is 0.333. The fourth-order valence-corrected chi connectivity index (χ4v) is 4.15. The van der Waals surface area contributed by atoms with E-state index in [9.17, 15) is 0 Å². The van der Waals surface area contributed by atoms with Crippen LogP contribution < -0.4 is 0 Å². The monoisotopic (exact) mass is 326 g/mol. The van der Waals surface area contributed by atoms with Crippen molar-refractivity contribution < 1.29 is 0 Å². The normalized spacial score (nSPS) is 12.0. The predicted octanol–water partition coefficient (Wildman–Crippen LogP) is 7.05. The third-order valence-corrected chi connectivity index (χ3v) is 5.46. The molecule has 0 aliphatic heterocycles. The first kappa shape index (κ1) is 16.1. The van der Waals surface area contributed by atoms with Crippen molar-refractivity contribution in [2.75, 3.05) is 0 Å². The molecule has 1 aliphatic carbocycles. The molecule has 3 aromatic rings. The van der Waals surface area contributed by atoms with E-state index in [4.69, 9.17) is 0 Å². The van der Waals surface area contributed by atoms with Crippen LogP contribution in [0.4, 0.5) is 0 Å². The fraction of sp³-hybridized carbons (Fsp3) is 0.280. The van der Waals surface area contributed by atoms with Crippen LogP contribution in [0, 0.1) is 0 Å². The highest BCUT2D eigenvalue weighted by atomic mass is 14.2. The topological polar surface area (TPSA) is 0 Å². The largest absolute Gasteiger partial charge is 0.0654 e. The Morgan fingerprint density at radius 2 is 1.32 bits per heavy atom. The van der Waals surface area contributed by atoms with E-state index in [0.29, 0.717) is 0 Å². The standard InChI is InChI=1S/C25H26/c1-2-3-4-5-11-19-12-6-8-14-21(19)23-16-10-17-24-22-15-9-7-13-20(22)18-25(23)24/h6-10,12-17H,2-5,11,18H2,1H3. The van der Waals surface area contributed by atoms with Crippen LogP contribution >= 0.6 is 0 Å². The molecule has 25 heavy (non-hydrogen) atoms. The maximum absolute atomic E-state index is 2.32. The van der Waals surface area contributed by atoms with Crippen molar-refractivity contribution in [3.05, 3.63) is 83.4 Å². The minimum Gasteiger partial charge on any atom is -0.0654 e. The molecule has 126 valence electrons. The maximum Gasteiger partial charge on any atom is -0.000728 e. The first-order chi connectivity index (χ1) is 12.4. The summed E-state index contributed by atoms with van der Waals surface area (Å²) >= 11 is 0. The van der Waals surface area contributed by atoms with E-state index in [1.54, 1.807) is 0 Å². The van der Waals surface area contributed by atoms with Crippen molar-refractivity contribution in [3.63, 3.8) is 0 Å². The van der Waals surface area contributed by atoms with Crippen molar-refractivity contribution >= 4 is 0 Å². The van der Waals surface area contributed by atoms with Gasteiger partial charge in [0.2, 0.25) is 0 Å². The van der Waals surface area contributed by atoms with Crippen molar-refractivity contribution in [3.8, 4) is 22.3 Å². The zero-order valence-corrected chi connectivity index (χ0v) is 15.1. The summed E-state index contributed by atoms with van der Waals surface area (Å²) in [6, 6.07) is 24.7. The number of hydrogen-bond donors (Lipinski definition) is 0. The molecule has 0 spiro atoms. The van der Waals surface area contributed by atoms with Crippen molar-refractivity contribution in [2.45, 2.75) is 45.4 Å². The zero-order valence-electron chi connectivity index (χ0n) is 15.1. The molecule has 0 saturated heterocycles. The first-order valence-corrected chi connectivity index (χ1v) is 9.67. The smallest absolute Gasteiger partial charge is 0.000728 e. The minimum atomic E-state index is 1.06. The Kier molecular flexibility index (Phi) is 4.70. The minimum absolute atomic E-state index is 1.06. The average molecular weight is 326 g/mol. The van der Waals surface area contributed by atoms with Crippen LogP contribution in [0.15, 0.2) is 66.7 Å². The van der Waals surface area contributed by atoms with Gasteiger partial charge in [-0.25, -0.2) is 0 Å². The number of unbranched alkanes of at least 4 members (excludes halogenated alkanes) is 3. The molecule has 0 heterocycles. The van der Waals surface area contributed by atoms with Crippen LogP contribution in [-0.4, -0.2) is 0 Å². The van der Waals surface area contributed by atoms with Gasteiger partial charge in [0, 0.05) is 0 Å². The summed E-state index contributed by atoms with van der Waals surface area (Å²) in [5.74, 6) is 0. The third-order valence-electron chi connectivity index (χ3n) is 5.46. The van der Waals surface area contributed by atoms with E-state index in [0.717, 1.165) is 6.42 Å². The van der Waals surface area contributed by atoms with Crippen LogP contribution in [0.3, 0.4) is 0 Å². The second-order valence-corrected chi connectivity index (χ2v) is 7.13. The van der Waals surface area contributed by atoms with E-state index in [1.165, 1.54) is 71.0 Å². The van der Waals surface area contributed by atoms with Gasteiger partial charge in [-0.15, -0.1) is 0 Å². The number of hydrogen-bond acceptors (Lipinski definition) is 0. The second kappa shape index (κ2) is 7.27. The molecule has 1 aliphatic rings. The molecule has 0 atom stereocenters. The maximum atomic E-state index is 2.32. The van der Waals surface area contributed by atoms with Gasteiger partial charge in [-0.2, -0.15) is 0 Å². The van der Waals surface area contributed by atoms with Crippen molar-refractivity contribution in [1.82, 2.24) is 0 Å². The van der Waals surface area contributed by atoms with Crippen LogP contribution in [0.2, 0.25) is 0 Å². The second-order valence-electron chi connectivity index (χ2n) is 7.13. The lowest BCUT2D eigenvalue weighted by Gasteiger charge is -2.14. The Morgan fingerprint density at radius 1 is 0.640 bits per heavy atom. The molecular formula is C25H26. The lowest BCUT2D eigenvalue weighted by Crippen LogP contribution is -1.94. The van der Waals surface area contributed by atoms with Gasteiger partial charge in [0.05, 0.1) is 0 Å². The Hall–Kier alpha value is -2.34. The molecule has 0 amide bonds. The zero-order chi connectivity index (χ0) is 17.1. The fourth-order valence-electron chi connectivity index (χ4n) is 4.15. The summed E-state index contributed by atoms with van der Waals surface area (Å²) in [7, 11) is 0. The summed E-state index contributed by atoms with van der Waals surface area (Å²) in [5, 5.41) is 0. The number of fused-ring (bicyclic) bond motifs is 3. The van der Waals surface area contributed by atoms with Crippen LogP contribution in [0.5, 0.6) is 0 Å². The summed E-state index contributed by atoms with van der Waals surface area (Å²) in [4.78, 5) is 0. The molecule has 0 radical (unpaired) electrons. The van der Waals surface area contributed by atoms with Crippen molar-refractivity contribution in [2.24, 2.45) is 0 Å². The van der Waals surface area contributed by atoms with Gasteiger partial charge in [0.1, 0.15) is 0 Å². The molecular weight excluding hydrogens is 300 g/mol. The van der Waals surface area contributed by atoms with Crippen LogP contribution in [0.25, 0.3) is 22.3 Å². The van der Waals surface area contributed by atoms with Crippen molar-refractivity contribution in [1.29, 1.82) is 0 Å². The number of rotatable bonds is 6. The van der Waals surface area contributed by atoms with Gasteiger partial charge in [0.15, 0.2) is 0 Å². The Balaban J connectivity index is 1.70. The lowest BCUT2D eigenvalue weighted by atomic mass is 9.91. The third kappa shape index (κ3) is 3.14. The van der Waals surface area contributed by atoms with Gasteiger partial charge in [0.25, 0.3) is 0 Å². The molecule has 3 aromatic carbocycles. The van der Waals surface area contributed by atoms with Gasteiger partial charge in [-0.05, 0) is 58.2 Å². The SMILES string of the molecule is CCCCCCc1ccccc1-c1cccc2c1Cc1ccccc1-2. The molecule has 0 saturated carbocycles. The highest BCUT2D eigenvalue weighted by molar-refractivity contribution is 5.85. The average Bonchev–Trinajstić information content (AvgIpc) is 3.04. The highest BCUT2D eigenvalue weighted by Crippen LogP contribution is 2.42. The predicted molar refractivity (Wildman–Crippen MR) is 108 cm³/mol. The molecule has 0 bridgehead atoms. The Bertz CT molecular complexity index is 873. The lowest BCUT2D eigenvalue weighted by molar-refractivity contribution is 0.667. The van der Waals surface area contributed by atoms with Gasteiger partial charge in [-0.3, -0.25) is 0 Å². The summed E-state index contributed by atoms with van der Waals surface area (Å²) in [6.07, 6.45) is 7.52. The van der Waals surface area contributed by atoms with Gasteiger partial charge >= 0.3 is 0 Å². The van der Waals surface area contributed by atoms with E-state index >= 15 is 0 Å². The summed E-state index contributed by atoms with van der Waals surface area (Å²) in [5.41, 5.74) is 10.2. The first-order valence-electron chi connectivity index (χ1n) is 9.67. The van der Waals surface area contributed by atoms with E-state index in [2.05, 4.69) is 73.7 Å². The summed E-state index contributed by atoms with van der Waals surface area (Å²) in [6.45, 7) is 2.28. The van der Waals surface area contributed by atoms with E-state index in [1.807, 2.05) is 0 Å². The molecule has 0 N–H and O–H groups in total. The molecule has 0 heteroatoms. The molecule has 0 nitrogen and oxygen atoms in total. The molecule has 0 fully saturated rings. The molecule has 0 aromatic heterocycles. The van der Waals surface area contributed by atoms with E-state index < -0.39 is 0 Å². The molecule has 0 unspecified atom stereocenters. The Morgan fingerprint density at radius 3 is 2.16 bits per heavy atom. The van der Waals surface area contributed by atoms with Gasteiger partial charge in [-0.1, -0.05) is 92.9 Å². The highest BCUT2D eigenvalue weighted by Gasteiger charge is 2.21. The van der Waals surface area contributed by atoms with Crippen LogP contribution in [0.1, 0.15) is 49.3 Å².